The van der Waals surface area contributed by atoms with Crippen molar-refractivity contribution in [3.63, 3.8) is 0 Å². The summed E-state index contributed by atoms with van der Waals surface area (Å²) in [4.78, 5) is 4.43. The summed E-state index contributed by atoms with van der Waals surface area (Å²) in [5, 5.41) is 0. The van der Waals surface area contributed by atoms with Gasteiger partial charge in [0, 0.05) is 17.5 Å². The van der Waals surface area contributed by atoms with Crippen LogP contribution in [0.1, 0.15) is 37.3 Å². The molecule has 1 aliphatic carbocycles. The lowest BCUT2D eigenvalue weighted by molar-refractivity contribution is 0.415. The lowest BCUT2D eigenvalue weighted by atomic mass is 10.0. The molecule has 0 saturated carbocycles. The van der Waals surface area contributed by atoms with Crippen LogP contribution >= 0.6 is 0 Å². The number of halogens is 1. The predicted octanol–water partition coefficient (Wildman–Crippen LogP) is 5.63. The largest absolute Gasteiger partial charge is 0.497 e. The third-order valence-corrected chi connectivity index (χ3v) is 4.50. The van der Waals surface area contributed by atoms with Crippen LogP contribution in [-0.4, -0.2) is 12.1 Å². The van der Waals surface area contributed by atoms with Crippen molar-refractivity contribution < 1.29 is 9.13 Å². The van der Waals surface area contributed by atoms with Crippen molar-refractivity contribution in [2.24, 2.45) is 5.73 Å². The van der Waals surface area contributed by atoms with Gasteiger partial charge in [-0.1, -0.05) is 19.1 Å². The molecule has 4 heteroatoms. The molecule has 1 aromatic carbocycles. The summed E-state index contributed by atoms with van der Waals surface area (Å²) in [7, 11) is 1.68. The van der Waals surface area contributed by atoms with Gasteiger partial charge in [-0.05, 0) is 74.1 Å². The van der Waals surface area contributed by atoms with Crippen LogP contribution in [0.4, 0.5) is 4.39 Å². The van der Waals surface area contributed by atoms with E-state index in [1.165, 1.54) is 17.2 Å². The smallest absolute Gasteiger partial charge is 0.124 e. The van der Waals surface area contributed by atoms with Crippen molar-refractivity contribution in [3.05, 3.63) is 70.8 Å². The third-order valence-electron chi connectivity index (χ3n) is 4.50. The van der Waals surface area contributed by atoms with Gasteiger partial charge in [0.2, 0.25) is 0 Å². The SMILES string of the molecule is CCC1=C(F)C=C(N)CC1.COc1ccc(C)c(-c2ncccc2C)c1. The van der Waals surface area contributed by atoms with E-state index in [0.717, 1.165) is 41.8 Å². The number of allylic oxidation sites excluding steroid dienone is 4. The molecule has 0 atom stereocenters. The minimum Gasteiger partial charge on any atom is -0.497 e. The molecule has 1 aliphatic rings. The van der Waals surface area contributed by atoms with E-state index in [1.807, 2.05) is 31.3 Å². The normalized spacial score (nSPS) is 13.7. The van der Waals surface area contributed by atoms with E-state index in [2.05, 4.69) is 31.0 Å². The van der Waals surface area contributed by atoms with E-state index in [-0.39, 0.29) is 5.83 Å². The Kier molecular flexibility index (Phi) is 6.96. The molecule has 138 valence electrons. The molecule has 2 N–H and O–H groups in total. The molecule has 26 heavy (non-hydrogen) atoms. The van der Waals surface area contributed by atoms with Gasteiger partial charge in [0.1, 0.15) is 11.6 Å². The molecule has 0 amide bonds. The van der Waals surface area contributed by atoms with Crippen molar-refractivity contribution in [2.75, 3.05) is 7.11 Å². The molecule has 0 saturated heterocycles. The van der Waals surface area contributed by atoms with Gasteiger partial charge in [0.05, 0.1) is 12.8 Å². The topological polar surface area (TPSA) is 48.1 Å². The number of hydrogen-bond donors (Lipinski definition) is 1. The van der Waals surface area contributed by atoms with Crippen molar-refractivity contribution >= 4 is 0 Å². The van der Waals surface area contributed by atoms with Crippen LogP contribution in [0.5, 0.6) is 5.75 Å². The fourth-order valence-corrected chi connectivity index (χ4v) is 2.85. The number of aromatic nitrogens is 1. The zero-order valence-corrected chi connectivity index (χ0v) is 16.0. The molecule has 1 aromatic heterocycles. The molecule has 0 fully saturated rings. The lowest BCUT2D eigenvalue weighted by Crippen LogP contribution is -2.03. The Balaban J connectivity index is 0.000000209. The molecule has 0 radical (unpaired) electrons. The maximum absolute atomic E-state index is 12.8. The first-order chi connectivity index (χ1) is 12.5. The lowest BCUT2D eigenvalue weighted by Gasteiger charge is -2.11. The first-order valence-electron chi connectivity index (χ1n) is 8.86. The van der Waals surface area contributed by atoms with Crippen LogP contribution in [-0.2, 0) is 0 Å². The molecule has 3 rings (SSSR count). The molecule has 0 spiro atoms. The van der Waals surface area contributed by atoms with Gasteiger partial charge in [-0.25, -0.2) is 4.39 Å². The Hall–Kier alpha value is -2.62. The molecule has 1 heterocycles. The number of methoxy groups -OCH3 is 1. The van der Waals surface area contributed by atoms with E-state index in [4.69, 9.17) is 10.5 Å². The van der Waals surface area contributed by atoms with Crippen molar-refractivity contribution in [1.29, 1.82) is 0 Å². The molecule has 2 aromatic rings. The Bertz CT molecular complexity index is 825. The summed E-state index contributed by atoms with van der Waals surface area (Å²) < 4.78 is 18.1. The highest BCUT2D eigenvalue weighted by atomic mass is 19.1. The molecule has 0 aliphatic heterocycles. The maximum atomic E-state index is 12.8. The molecule has 3 nitrogen and oxygen atoms in total. The fourth-order valence-electron chi connectivity index (χ4n) is 2.85. The summed E-state index contributed by atoms with van der Waals surface area (Å²) in [6.07, 6.45) is 5.67. The van der Waals surface area contributed by atoms with Crippen LogP contribution in [0.15, 0.2) is 59.7 Å². The van der Waals surface area contributed by atoms with Gasteiger partial charge in [-0.3, -0.25) is 4.98 Å². The van der Waals surface area contributed by atoms with Gasteiger partial charge < -0.3 is 10.5 Å². The van der Waals surface area contributed by atoms with Crippen LogP contribution in [0.2, 0.25) is 0 Å². The second-order valence-corrected chi connectivity index (χ2v) is 6.37. The van der Waals surface area contributed by atoms with Crippen LogP contribution in [0.25, 0.3) is 11.3 Å². The van der Waals surface area contributed by atoms with Gasteiger partial charge in [0.15, 0.2) is 0 Å². The molecular formula is C22H27FN2O. The van der Waals surface area contributed by atoms with Gasteiger partial charge in [-0.15, -0.1) is 0 Å². The average molecular weight is 354 g/mol. The number of pyridine rings is 1. The Morgan fingerprint density at radius 2 is 1.92 bits per heavy atom. The number of aryl methyl sites for hydroxylation is 2. The van der Waals surface area contributed by atoms with Crippen molar-refractivity contribution in [1.82, 2.24) is 4.98 Å². The van der Waals surface area contributed by atoms with E-state index in [9.17, 15) is 4.39 Å². The summed E-state index contributed by atoms with van der Waals surface area (Å²) in [6, 6.07) is 10.1. The van der Waals surface area contributed by atoms with Crippen LogP contribution < -0.4 is 10.5 Å². The number of nitrogens with two attached hydrogens (primary N) is 1. The monoisotopic (exact) mass is 354 g/mol. The standard InChI is InChI=1S/C14H15NO.C8H12FN/c1-10-6-7-12(16-3)9-13(10)14-11(2)5-4-8-15-14;1-2-6-3-4-7(10)5-8(6)9/h4-9H,1-3H3;5H,2-4,10H2,1H3. The second kappa shape index (κ2) is 9.18. The van der Waals surface area contributed by atoms with Crippen molar-refractivity contribution in [3.8, 4) is 17.0 Å². The number of nitrogens with zero attached hydrogens (tertiary/aromatic N) is 1. The quantitative estimate of drug-likeness (QED) is 0.777. The Labute approximate surface area is 155 Å². The van der Waals surface area contributed by atoms with Gasteiger partial charge in [-0.2, -0.15) is 0 Å². The zero-order chi connectivity index (χ0) is 19.1. The van der Waals surface area contributed by atoms with Gasteiger partial charge in [0.25, 0.3) is 0 Å². The van der Waals surface area contributed by atoms with Crippen LogP contribution in [0, 0.1) is 13.8 Å². The minimum absolute atomic E-state index is 0.119. The number of rotatable bonds is 3. The zero-order valence-electron chi connectivity index (χ0n) is 16.0. The number of benzene rings is 1. The molecular weight excluding hydrogens is 327 g/mol. The highest BCUT2D eigenvalue weighted by Gasteiger charge is 2.09. The van der Waals surface area contributed by atoms with E-state index >= 15 is 0 Å². The Morgan fingerprint density at radius 1 is 1.15 bits per heavy atom. The minimum atomic E-state index is -0.119. The van der Waals surface area contributed by atoms with E-state index < -0.39 is 0 Å². The fraction of sp³-hybridized carbons (Fsp3) is 0.318. The third kappa shape index (κ3) is 4.94. The number of ether oxygens (including phenoxy) is 1. The van der Waals surface area contributed by atoms with E-state index in [1.54, 1.807) is 7.11 Å². The summed E-state index contributed by atoms with van der Waals surface area (Å²) in [5.41, 5.74) is 11.5. The second-order valence-electron chi connectivity index (χ2n) is 6.37. The van der Waals surface area contributed by atoms with Crippen molar-refractivity contribution in [2.45, 2.75) is 40.0 Å². The summed E-state index contributed by atoms with van der Waals surface area (Å²) >= 11 is 0. The van der Waals surface area contributed by atoms with E-state index in [0.29, 0.717) is 5.70 Å². The summed E-state index contributed by atoms with van der Waals surface area (Å²) in [5.74, 6) is 0.747. The highest BCUT2D eigenvalue weighted by molar-refractivity contribution is 5.68. The predicted molar refractivity (Wildman–Crippen MR) is 106 cm³/mol. The van der Waals surface area contributed by atoms with Crippen LogP contribution in [0.3, 0.4) is 0 Å². The average Bonchev–Trinajstić information content (AvgIpc) is 2.63. The maximum Gasteiger partial charge on any atom is 0.124 e. The Morgan fingerprint density at radius 3 is 2.54 bits per heavy atom. The highest BCUT2D eigenvalue weighted by Crippen LogP contribution is 2.28. The summed E-state index contributed by atoms with van der Waals surface area (Å²) in [6.45, 7) is 6.12. The first-order valence-corrected chi connectivity index (χ1v) is 8.86. The number of hydrogen-bond acceptors (Lipinski definition) is 3. The molecule has 0 bridgehead atoms. The first kappa shape index (κ1) is 19.7. The van der Waals surface area contributed by atoms with Gasteiger partial charge >= 0.3 is 0 Å². The molecule has 0 unspecified atom stereocenters.